The fourth-order valence-electron chi connectivity index (χ4n) is 2.32. The lowest BCUT2D eigenvalue weighted by atomic mass is 9.99. The Balaban J connectivity index is 2.28. The minimum Gasteiger partial charge on any atom is -0.483 e. The Morgan fingerprint density at radius 3 is 2.79 bits per heavy atom. The second kappa shape index (κ2) is 3.83. The van der Waals surface area contributed by atoms with Crippen molar-refractivity contribution in [1.29, 1.82) is 5.26 Å². The third-order valence-corrected chi connectivity index (χ3v) is 3.30. The Bertz CT molecular complexity index is 751. The molecular weight excluding hydrogens is 236 g/mol. The van der Waals surface area contributed by atoms with E-state index in [9.17, 15) is 0 Å². The SMILES string of the molecule is Cc1cc(C#N)nc2cc3c(cc12)OC(C)(C)C=C3. The normalized spacial score (nSPS) is 15.7. The highest BCUT2D eigenvalue weighted by atomic mass is 16.5. The number of ether oxygens (including phenoxy) is 1. The molecule has 1 aliphatic rings. The van der Waals surface area contributed by atoms with Crippen molar-refractivity contribution in [3.05, 3.63) is 41.1 Å². The van der Waals surface area contributed by atoms with Crippen LogP contribution in [-0.4, -0.2) is 10.6 Å². The first-order valence-electron chi connectivity index (χ1n) is 6.22. The molecule has 0 aliphatic carbocycles. The lowest BCUT2D eigenvalue weighted by Gasteiger charge is -2.28. The van der Waals surface area contributed by atoms with E-state index in [-0.39, 0.29) is 5.60 Å². The van der Waals surface area contributed by atoms with E-state index in [4.69, 9.17) is 10.00 Å². The van der Waals surface area contributed by atoms with Crippen LogP contribution in [0.1, 0.15) is 30.7 Å². The fourth-order valence-corrected chi connectivity index (χ4v) is 2.32. The van der Waals surface area contributed by atoms with Crippen molar-refractivity contribution < 1.29 is 4.74 Å². The second-order valence-corrected chi connectivity index (χ2v) is 5.38. The van der Waals surface area contributed by atoms with Gasteiger partial charge in [0, 0.05) is 10.9 Å². The first kappa shape index (κ1) is 11.7. The molecule has 94 valence electrons. The topological polar surface area (TPSA) is 45.9 Å². The third-order valence-electron chi connectivity index (χ3n) is 3.30. The number of nitriles is 1. The Morgan fingerprint density at radius 2 is 2.05 bits per heavy atom. The van der Waals surface area contributed by atoms with E-state index in [2.05, 4.69) is 11.1 Å². The molecule has 0 saturated carbocycles. The number of hydrogen-bond donors (Lipinski definition) is 0. The van der Waals surface area contributed by atoms with Gasteiger partial charge in [-0.2, -0.15) is 5.26 Å². The lowest BCUT2D eigenvalue weighted by Crippen LogP contribution is -2.27. The maximum Gasteiger partial charge on any atom is 0.141 e. The van der Waals surface area contributed by atoms with Crippen molar-refractivity contribution in [3.63, 3.8) is 0 Å². The Kier molecular flexibility index (Phi) is 2.36. The average Bonchev–Trinajstić information content (AvgIpc) is 2.36. The second-order valence-electron chi connectivity index (χ2n) is 5.38. The summed E-state index contributed by atoms with van der Waals surface area (Å²) in [5.41, 5.74) is 3.05. The van der Waals surface area contributed by atoms with Gasteiger partial charge in [0.2, 0.25) is 0 Å². The predicted molar refractivity (Wildman–Crippen MR) is 74.9 cm³/mol. The molecular formula is C16H14N2O. The maximum absolute atomic E-state index is 8.98. The molecule has 2 aromatic rings. The van der Waals surface area contributed by atoms with Crippen LogP contribution >= 0.6 is 0 Å². The van der Waals surface area contributed by atoms with Crippen LogP contribution < -0.4 is 4.74 Å². The zero-order chi connectivity index (χ0) is 13.6. The van der Waals surface area contributed by atoms with Crippen LogP contribution in [0.25, 0.3) is 17.0 Å². The maximum atomic E-state index is 8.98. The Morgan fingerprint density at radius 1 is 1.26 bits per heavy atom. The molecule has 1 aliphatic heterocycles. The molecule has 3 rings (SSSR count). The summed E-state index contributed by atoms with van der Waals surface area (Å²) < 4.78 is 5.96. The van der Waals surface area contributed by atoms with Gasteiger partial charge in [-0.25, -0.2) is 4.98 Å². The van der Waals surface area contributed by atoms with Crippen LogP contribution in [0.3, 0.4) is 0 Å². The van der Waals surface area contributed by atoms with Crippen LogP contribution in [0, 0.1) is 18.3 Å². The van der Waals surface area contributed by atoms with Crippen LogP contribution in [0.4, 0.5) is 0 Å². The van der Waals surface area contributed by atoms with Crippen LogP contribution in [0.5, 0.6) is 5.75 Å². The van der Waals surface area contributed by atoms with Gasteiger partial charge in [-0.3, -0.25) is 0 Å². The van der Waals surface area contributed by atoms with Crippen molar-refractivity contribution >= 4 is 17.0 Å². The lowest BCUT2D eigenvalue weighted by molar-refractivity contribution is 0.159. The highest BCUT2D eigenvalue weighted by Gasteiger charge is 2.22. The monoisotopic (exact) mass is 250 g/mol. The summed E-state index contributed by atoms with van der Waals surface area (Å²) >= 11 is 0. The molecule has 0 atom stereocenters. The Labute approximate surface area is 112 Å². The van der Waals surface area contributed by atoms with Crippen molar-refractivity contribution in [2.75, 3.05) is 0 Å². The number of aryl methyl sites for hydroxylation is 1. The molecule has 0 bridgehead atoms. The minimum atomic E-state index is -0.283. The minimum absolute atomic E-state index is 0.283. The van der Waals surface area contributed by atoms with Gasteiger partial charge in [0.25, 0.3) is 0 Å². The van der Waals surface area contributed by atoms with E-state index in [1.807, 2.05) is 45.1 Å². The van der Waals surface area contributed by atoms with E-state index in [0.717, 1.165) is 27.8 Å². The van der Waals surface area contributed by atoms with E-state index in [0.29, 0.717) is 5.69 Å². The largest absolute Gasteiger partial charge is 0.483 e. The van der Waals surface area contributed by atoms with Gasteiger partial charge >= 0.3 is 0 Å². The van der Waals surface area contributed by atoms with Crippen molar-refractivity contribution in [2.45, 2.75) is 26.4 Å². The molecule has 1 aromatic carbocycles. The van der Waals surface area contributed by atoms with Crippen molar-refractivity contribution in [1.82, 2.24) is 4.98 Å². The third kappa shape index (κ3) is 1.96. The van der Waals surface area contributed by atoms with E-state index < -0.39 is 0 Å². The molecule has 3 nitrogen and oxygen atoms in total. The Hall–Kier alpha value is -2.34. The molecule has 0 spiro atoms. The van der Waals surface area contributed by atoms with Gasteiger partial charge in [0.1, 0.15) is 23.1 Å². The van der Waals surface area contributed by atoms with Gasteiger partial charge in [0.15, 0.2) is 0 Å². The molecule has 0 unspecified atom stereocenters. The number of nitrogens with zero attached hydrogens (tertiary/aromatic N) is 2. The molecule has 2 heterocycles. The van der Waals surface area contributed by atoms with Crippen molar-refractivity contribution in [3.8, 4) is 11.8 Å². The number of fused-ring (bicyclic) bond motifs is 2. The van der Waals surface area contributed by atoms with E-state index in [1.54, 1.807) is 6.07 Å². The average molecular weight is 250 g/mol. The number of hydrogen-bond acceptors (Lipinski definition) is 3. The summed E-state index contributed by atoms with van der Waals surface area (Å²) in [6.07, 6.45) is 4.08. The van der Waals surface area contributed by atoms with Gasteiger partial charge in [-0.15, -0.1) is 0 Å². The first-order valence-corrected chi connectivity index (χ1v) is 6.22. The molecule has 0 fully saturated rings. The summed E-state index contributed by atoms with van der Waals surface area (Å²) in [4.78, 5) is 4.35. The highest BCUT2D eigenvalue weighted by Crippen LogP contribution is 2.34. The van der Waals surface area contributed by atoms with E-state index >= 15 is 0 Å². The molecule has 3 heteroatoms. The number of rotatable bonds is 0. The predicted octanol–water partition coefficient (Wildman–Crippen LogP) is 3.60. The quantitative estimate of drug-likeness (QED) is 0.717. The molecule has 0 N–H and O–H groups in total. The number of benzene rings is 1. The summed E-state index contributed by atoms with van der Waals surface area (Å²) in [6.45, 7) is 6.04. The summed E-state index contributed by atoms with van der Waals surface area (Å²) in [7, 11) is 0. The smallest absolute Gasteiger partial charge is 0.141 e. The zero-order valence-electron chi connectivity index (χ0n) is 11.2. The standard InChI is InChI=1S/C16H14N2O/c1-10-6-12(9-17)18-14-7-11-4-5-16(2,3)19-15(11)8-13(10)14/h4-8H,1-3H3. The van der Waals surface area contributed by atoms with Crippen molar-refractivity contribution in [2.24, 2.45) is 0 Å². The zero-order valence-corrected chi connectivity index (χ0v) is 11.2. The molecule has 0 radical (unpaired) electrons. The number of pyridine rings is 1. The highest BCUT2D eigenvalue weighted by molar-refractivity contribution is 5.87. The van der Waals surface area contributed by atoms with Crippen LogP contribution in [0.15, 0.2) is 24.3 Å². The van der Waals surface area contributed by atoms with Gasteiger partial charge in [-0.05, 0) is 50.6 Å². The molecule has 1 aromatic heterocycles. The molecule has 19 heavy (non-hydrogen) atoms. The first-order chi connectivity index (χ1) is 8.98. The van der Waals surface area contributed by atoms with Crippen LogP contribution in [-0.2, 0) is 0 Å². The van der Waals surface area contributed by atoms with Gasteiger partial charge in [0.05, 0.1) is 5.52 Å². The summed E-state index contributed by atoms with van der Waals surface area (Å²) in [5, 5.41) is 10.0. The van der Waals surface area contributed by atoms with Gasteiger partial charge < -0.3 is 4.74 Å². The fraction of sp³-hybridized carbons (Fsp3) is 0.250. The summed E-state index contributed by atoms with van der Waals surface area (Å²) in [5.74, 6) is 0.870. The van der Waals surface area contributed by atoms with Crippen LogP contribution in [0.2, 0.25) is 0 Å². The van der Waals surface area contributed by atoms with E-state index in [1.165, 1.54) is 0 Å². The number of aromatic nitrogens is 1. The van der Waals surface area contributed by atoms with Gasteiger partial charge in [-0.1, -0.05) is 6.08 Å². The summed E-state index contributed by atoms with van der Waals surface area (Å²) in [6, 6.07) is 7.89. The molecule has 0 saturated heterocycles. The molecule has 0 amide bonds.